The molecule has 3 heteroatoms. The van der Waals surface area contributed by atoms with Gasteiger partial charge in [-0.15, -0.1) is 6.42 Å². The van der Waals surface area contributed by atoms with Crippen molar-refractivity contribution in [2.75, 3.05) is 11.9 Å². The van der Waals surface area contributed by atoms with Crippen LogP contribution in [0.25, 0.3) is 11.0 Å². The maximum absolute atomic E-state index is 5.17. The minimum absolute atomic E-state index is 0.519. The Bertz CT molecular complexity index is 526. The number of aryl methyl sites for hydroxylation is 1. The Morgan fingerprint density at radius 1 is 1.40 bits per heavy atom. The second kappa shape index (κ2) is 3.97. The largest absolute Gasteiger partial charge is 0.374 e. The lowest BCUT2D eigenvalue weighted by Crippen LogP contribution is -1.98. The number of benzene rings is 1. The molecule has 0 aliphatic rings. The highest BCUT2D eigenvalue weighted by Crippen LogP contribution is 2.15. The van der Waals surface area contributed by atoms with Crippen LogP contribution in [0.3, 0.4) is 0 Å². The van der Waals surface area contributed by atoms with Crippen LogP contribution in [-0.4, -0.2) is 16.5 Å². The van der Waals surface area contributed by atoms with Gasteiger partial charge in [-0.3, -0.25) is 4.98 Å². The fourth-order valence-corrected chi connectivity index (χ4v) is 1.37. The molecule has 0 aliphatic heterocycles. The van der Waals surface area contributed by atoms with Gasteiger partial charge in [0, 0.05) is 11.9 Å². The van der Waals surface area contributed by atoms with Crippen molar-refractivity contribution in [3.05, 3.63) is 30.1 Å². The zero-order chi connectivity index (χ0) is 10.7. The first-order chi connectivity index (χ1) is 7.29. The Balaban J connectivity index is 2.40. The third-order valence-corrected chi connectivity index (χ3v) is 2.06. The third kappa shape index (κ3) is 2.05. The molecule has 74 valence electrons. The van der Waals surface area contributed by atoms with Crippen molar-refractivity contribution in [3.8, 4) is 12.3 Å². The molecule has 3 nitrogen and oxygen atoms in total. The van der Waals surface area contributed by atoms with Crippen LogP contribution in [0.1, 0.15) is 5.69 Å². The van der Waals surface area contributed by atoms with Crippen LogP contribution in [0.2, 0.25) is 0 Å². The summed E-state index contributed by atoms with van der Waals surface area (Å²) in [6.45, 7) is 2.45. The first-order valence-electron chi connectivity index (χ1n) is 4.70. The van der Waals surface area contributed by atoms with E-state index in [-0.39, 0.29) is 0 Å². The number of rotatable bonds is 2. The van der Waals surface area contributed by atoms with Crippen LogP contribution in [0.5, 0.6) is 0 Å². The summed E-state index contributed by atoms with van der Waals surface area (Å²) in [6, 6.07) is 5.83. The van der Waals surface area contributed by atoms with E-state index < -0.39 is 0 Å². The molecule has 0 saturated carbocycles. The zero-order valence-electron chi connectivity index (χ0n) is 8.49. The Morgan fingerprint density at radius 2 is 2.27 bits per heavy atom. The molecule has 15 heavy (non-hydrogen) atoms. The second-order valence-corrected chi connectivity index (χ2v) is 3.27. The smallest absolute Gasteiger partial charge is 0.0907 e. The van der Waals surface area contributed by atoms with Gasteiger partial charge in [0.1, 0.15) is 0 Å². The maximum atomic E-state index is 5.17. The van der Waals surface area contributed by atoms with Gasteiger partial charge < -0.3 is 5.32 Å². The number of hydrogen-bond acceptors (Lipinski definition) is 3. The quantitative estimate of drug-likeness (QED) is 0.748. The summed E-state index contributed by atoms with van der Waals surface area (Å²) in [7, 11) is 0. The van der Waals surface area contributed by atoms with Crippen LogP contribution >= 0.6 is 0 Å². The van der Waals surface area contributed by atoms with Gasteiger partial charge in [-0.1, -0.05) is 5.92 Å². The SMILES string of the molecule is C#CCNc1ccc2nc(C)cnc2c1. The van der Waals surface area contributed by atoms with Crippen molar-refractivity contribution >= 4 is 16.7 Å². The first-order valence-corrected chi connectivity index (χ1v) is 4.70. The number of nitrogens with zero attached hydrogens (tertiary/aromatic N) is 2. The second-order valence-electron chi connectivity index (χ2n) is 3.27. The average Bonchev–Trinajstić information content (AvgIpc) is 2.26. The van der Waals surface area contributed by atoms with E-state index in [4.69, 9.17) is 6.42 Å². The molecule has 0 saturated heterocycles. The minimum Gasteiger partial charge on any atom is -0.374 e. The van der Waals surface area contributed by atoms with Crippen LogP contribution in [-0.2, 0) is 0 Å². The molecular weight excluding hydrogens is 186 g/mol. The number of anilines is 1. The van der Waals surface area contributed by atoms with Crippen molar-refractivity contribution in [2.45, 2.75) is 6.92 Å². The first kappa shape index (κ1) is 9.47. The maximum Gasteiger partial charge on any atom is 0.0907 e. The number of hydrogen-bond donors (Lipinski definition) is 1. The lowest BCUT2D eigenvalue weighted by Gasteiger charge is -2.03. The summed E-state index contributed by atoms with van der Waals surface area (Å²) in [4.78, 5) is 8.66. The summed E-state index contributed by atoms with van der Waals surface area (Å²) in [5, 5.41) is 3.10. The van der Waals surface area contributed by atoms with Gasteiger partial charge in [0.05, 0.1) is 23.3 Å². The van der Waals surface area contributed by atoms with E-state index in [0.29, 0.717) is 6.54 Å². The fraction of sp³-hybridized carbons (Fsp3) is 0.167. The highest BCUT2D eigenvalue weighted by molar-refractivity contribution is 5.78. The summed E-state index contributed by atoms with van der Waals surface area (Å²) in [5.74, 6) is 2.53. The molecule has 0 radical (unpaired) electrons. The molecule has 0 fully saturated rings. The lowest BCUT2D eigenvalue weighted by molar-refractivity contribution is 1.18. The van der Waals surface area contributed by atoms with Crippen molar-refractivity contribution in [3.63, 3.8) is 0 Å². The van der Waals surface area contributed by atoms with Crippen molar-refractivity contribution in [1.82, 2.24) is 9.97 Å². The highest BCUT2D eigenvalue weighted by atomic mass is 14.9. The summed E-state index contributed by atoms with van der Waals surface area (Å²) in [5.41, 5.74) is 3.68. The minimum atomic E-state index is 0.519. The third-order valence-electron chi connectivity index (χ3n) is 2.06. The van der Waals surface area contributed by atoms with Gasteiger partial charge in [-0.25, -0.2) is 4.98 Å². The van der Waals surface area contributed by atoms with Gasteiger partial charge in [-0.2, -0.15) is 0 Å². The van der Waals surface area contributed by atoms with E-state index in [1.807, 2.05) is 25.1 Å². The highest BCUT2D eigenvalue weighted by Gasteiger charge is 1.98. The molecular formula is C12H11N3. The van der Waals surface area contributed by atoms with Crippen LogP contribution in [0.15, 0.2) is 24.4 Å². The number of fused-ring (bicyclic) bond motifs is 1. The number of nitrogens with one attached hydrogen (secondary N) is 1. The van der Waals surface area contributed by atoms with Gasteiger partial charge in [0.25, 0.3) is 0 Å². The topological polar surface area (TPSA) is 37.8 Å². The molecule has 1 aromatic heterocycles. The molecule has 1 aromatic carbocycles. The molecule has 0 aliphatic carbocycles. The average molecular weight is 197 g/mol. The lowest BCUT2D eigenvalue weighted by atomic mass is 10.2. The Morgan fingerprint density at radius 3 is 3.07 bits per heavy atom. The van der Waals surface area contributed by atoms with Gasteiger partial charge in [0.15, 0.2) is 0 Å². The van der Waals surface area contributed by atoms with E-state index in [1.165, 1.54) is 0 Å². The van der Waals surface area contributed by atoms with Crippen molar-refractivity contribution < 1.29 is 0 Å². The van der Waals surface area contributed by atoms with E-state index in [0.717, 1.165) is 22.4 Å². The Kier molecular flexibility index (Phi) is 2.51. The van der Waals surface area contributed by atoms with Crippen LogP contribution in [0, 0.1) is 19.3 Å². The summed E-state index contributed by atoms with van der Waals surface area (Å²) in [6.07, 6.45) is 6.93. The molecule has 0 spiro atoms. The van der Waals surface area contributed by atoms with Crippen molar-refractivity contribution in [2.24, 2.45) is 0 Å². The molecule has 0 bridgehead atoms. The number of aromatic nitrogens is 2. The van der Waals surface area contributed by atoms with Gasteiger partial charge in [-0.05, 0) is 25.1 Å². The van der Waals surface area contributed by atoms with E-state index in [9.17, 15) is 0 Å². The Hall–Kier alpha value is -2.08. The van der Waals surface area contributed by atoms with E-state index in [2.05, 4.69) is 21.2 Å². The monoisotopic (exact) mass is 197 g/mol. The predicted octanol–water partition coefficient (Wildman–Crippen LogP) is 1.98. The van der Waals surface area contributed by atoms with Gasteiger partial charge >= 0.3 is 0 Å². The summed E-state index contributed by atoms with van der Waals surface area (Å²) < 4.78 is 0. The van der Waals surface area contributed by atoms with Crippen molar-refractivity contribution in [1.29, 1.82) is 0 Å². The van der Waals surface area contributed by atoms with E-state index in [1.54, 1.807) is 6.20 Å². The fourth-order valence-electron chi connectivity index (χ4n) is 1.37. The molecule has 1 N–H and O–H groups in total. The molecule has 2 aromatic rings. The number of terminal acetylenes is 1. The predicted molar refractivity (Wildman–Crippen MR) is 61.6 cm³/mol. The molecule has 0 amide bonds. The van der Waals surface area contributed by atoms with Crippen LogP contribution in [0.4, 0.5) is 5.69 Å². The molecule has 0 unspecified atom stereocenters. The van der Waals surface area contributed by atoms with E-state index >= 15 is 0 Å². The molecule has 0 atom stereocenters. The summed E-state index contributed by atoms with van der Waals surface area (Å²) >= 11 is 0. The Labute approximate surface area is 88.6 Å². The molecule has 2 rings (SSSR count). The zero-order valence-corrected chi connectivity index (χ0v) is 8.49. The van der Waals surface area contributed by atoms with Crippen LogP contribution < -0.4 is 5.32 Å². The van der Waals surface area contributed by atoms with Gasteiger partial charge in [0.2, 0.25) is 0 Å². The molecule has 1 heterocycles. The normalized spacial score (nSPS) is 9.87. The standard InChI is InChI=1S/C12H11N3/c1-3-6-13-10-4-5-11-12(7-10)14-8-9(2)15-11/h1,4-5,7-8,13H,6H2,2H3.